The molecule has 0 bridgehead atoms. The number of hydrogen-bond acceptors (Lipinski definition) is 6. The highest BCUT2D eigenvalue weighted by Crippen LogP contribution is 2.30. The lowest BCUT2D eigenvalue weighted by molar-refractivity contribution is 0.111. The summed E-state index contributed by atoms with van der Waals surface area (Å²) in [6.07, 6.45) is -0.297. The van der Waals surface area contributed by atoms with E-state index in [-0.39, 0.29) is 5.92 Å². The fourth-order valence-corrected chi connectivity index (χ4v) is 5.57. The van der Waals surface area contributed by atoms with Gasteiger partial charge in [0.25, 0.3) is 10.2 Å². The van der Waals surface area contributed by atoms with E-state index in [0.717, 1.165) is 16.8 Å². The zero-order valence-corrected chi connectivity index (χ0v) is 21.4. The average Bonchev–Trinajstić information content (AvgIpc) is 3.30. The van der Waals surface area contributed by atoms with E-state index >= 15 is 0 Å². The number of hydrazone groups is 1. The van der Waals surface area contributed by atoms with Gasteiger partial charge in [-0.2, -0.15) is 22.5 Å². The number of nitrogens with one attached hydrogen (secondary N) is 2. The molecule has 2 aliphatic heterocycles. The number of piperidine rings is 1. The molecule has 0 aliphatic carbocycles. The number of aliphatic hydroxyl groups excluding tert-OH is 1. The maximum atomic E-state index is 13.0. The highest BCUT2D eigenvalue weighted by Gasteiger charge is 2.36. The van der Waals surface area contributed by atoms with Crippen LogP contribution in [0.4, 0.5) is 0 Å². The molecular formula is C24H34ClN5O3S. The predicted molar refractivity (Wildman–Crippen MR) is 137 cm³/mol. The Bertz CT molecular complexity index is 1040. The molecule has 2 aromatic carbocycles. The van der Waals surface area contributed by atoms with Crippen LogP contribution >= 0.6 is 11.6 Å². The van der Waals surface area contributed by atoms with Gasteiger partial charge in [-0.15, -0.1) is 0 Å². The first-order valence-electron chi connectivity index (χ1n) is 11.7. The van der Waals surface area contributed by atoms with Crippen molar-refractivity contribution in [2.75, 3.05) is 26.7 Å². The molecule has 2 atom stereocenters. The summed E-state index contributed by atoms with van der Waals surface area (Å²) in [6.45, 7) is 5.09. The molecule has 0 radical (unpaired) electrons. The first-order valence-corrected chi connectivity index (χ1v) is 13.5. The summed E-state index contributed by atoms with van der Waals surface area (Å²) in [7, 11) is -2.05. The van der Waals surface area contributed by atoms with Gasteiger partial charge >= 0.3 is 0 Å². The molecule has 1 fully saturated rings. The SMILES string of the molecule is CC.CNC(NS(=O)(=O)N1CCC(O)CC1)N1CC(c2ccccc2)C(c2ccc(Cl)cc2)=N1. The molecule has 186 valence electrons. The second-order valence-corrected chi connectivity index (χ2v) is 10.2. The minimum atomic E-state index is -3.74. The van der Waals surface area contributed by atoms with Crippen molar-refractivity contribution in [1.82, 2.24) is 19.4 Å². The molecular weight excluding hydrogens is 474 g/mol. The van der Waals surface area contributed by atoms with Crippen LogP contribution in [0.5, 0.6) is 0 Å². The third-order valence-electron chi connectivity index (χ3n) is 5.87. The summed E-state index contributed by atoms with van der Waals surface area (Å²) in [5.41, 5.74) is 2.90. The molecule has 1 saturated heterocycles. The highest BCUT2D eigenvalue weighted by molar-refractivity contribution is 7.87. The monoisotopic (exact) mass is 507 g/mol. The minimum Gasteiger partial charge on any atom is -0.393 e. The van der Waals surface area contributed by atoms with E-state index in [2.05, 4.69) is 22.2 Å². The number of halogens is 1. The second-order valence-electron chi connectivity index (χ2n) is 8.02. The van der Waals surface area contributed by atoms with Crippen LogP contribution in [0.25, 0.3) is 0 Å². The van der Waals surface area contributed by atoms with Gasteiger partial charge < -0.3 is 5.11 Å². The Morgan fingerprint density at radius 2 is 1.68 bits per heavy atom. The van der Waals surface area contributed by atoms with Crippen LogP contribution in [0.2, 0.25) is 5.02 Å². The summed E-state index contributed by atoms with van der Waals surface area (Å²) in [6, 6.07) is 17.6. The van der Waals surface area contributed by atoms with Gasteiger partial charge in [-0.1, -0.05) is 67.9 Å². The van der Waals surface area contributed by atoms with Crippen molar-refractivity contribution in [2.45, 2.75) is 45.0 Å². The van der Waals surface area contributed by atoms with Crippen LogP contribution in [-0.4, -0.2) is 67.6 Å². The maximum Gasteiger partial charge on any atom is 0.282 e. The largest absolute Gasteiger partial charge is 0.393 e. The number of rotatable bonds is 7. The molecule has 8 nitrogen and oxygen atoms in total. The summed E-state index contributed by atoms with van der Waals surface area (Å²) >= 11 is 6.07. The van der Waals surface area contributed by atoms with Crippen molar-refractivity contribution in [2.24, 2.45) is 5.10 Å². The predicted octanol–water partition coefficient (Wildman–Crippen LogP) is 2.96. The van der Waals surface area contributed by atoms with Crippen LogP contribution in [-0.2, 0) is 10.2 Å². The molecule has 34 heavy (non-hydrogen) atoms. The van der Waals surface area contributed by atoms with Crippen molar-refractivity contribution in [1.29, 1.82) is 0 Å². The van der Waals surface area contributed by atoms with Gasteiger partial charge in [0.1, 0.15) is 0 Å². The van der Waals surface area contributed by atoms with Crippen LogP contribution in [0.1, 0.15) is 43.7 Å². The quantitative estimate of drug-likeness (QED) is 0.501. The molecule has 0 aromatic heterocycles. The van der Waals surface area contributed by atoms with E-state index in [1.54, 1.807) is 12.1 Å². The van der Waals surface area contributed by atoms with E-state index < -0.39 is 22.6 Å². The van der Waals surface area contributed by atoms with E-state index in [9.17, 15) is 13.5 Å². The van der Waals surface area contributed by atoms with E-state index in [1.807, 2.05) is 56.3 Å². The fourth-order valence-electron chi connectivity index (χ4n) is 4.08. The first kappa shape index (κ1) is 26.6. The van der Waals surface area contributed by atoms with Crippen molar-refractivity contribution < 1.29 is 13.5 Å². The van der Waals surface area contributed by atoms with Gasteiger partial charge in [0.05, 0.1) is 18.4 Å². The molecule has 10 heteroatoms. The third-order valence-corrected chi connectivity index (χ3v) is 7.69. The van der Waals surface area contributed by atoms with Crippen LogP contribution in [0.15, 0.2) is 59.7 Å². The number of benzene rings is 2. The minimum absolute atomic E-state index is 0.0251. The van der Waals surface area contributed by atoms with Crippen LogP contribution in [0.3, 0.4) is 0 Å². The summed E-state index contributed by atoms with van der Waals surface area (Å²) in [5, 5.41) is 19.9. The maximum absolute atomic E-state index is 13.0. The standard InChI is InChI=1S/C22H28ClN5O3S.C2H6/c1-24-22(26-32(30,31)27-13-11-19(29)12-14-27)28-15-20(16-5-3-2-4-6-16)21(25-28)17-7-9-18(23)10-8-17;1-2/h2-10,19-20,22,24,26,29H,11-15H2,1H3;1-2H3. The van der Waals surface area contributed by atoms with Gasteiger partial charge in [-0.05, 0) is 43.1 Å². The lowest BCUT2D eigenvalue weighted by Gasteiger charge is -2.32. The Labute approximate surface area is 207 Å². The Morgan fingerprint density at radius 3 is 2.26 bits per heavy atom. The fraction of sp³-hybridized carbons (Fsp3) is 0.458. The van der Waals surface area contributed by atoms with Crippen molar-refractivity contribution in [3.05, 3.63) is 70.7 Å². The molecule has 0 spiro atoms. The number of hydrogen-bond donors (Lipinski definition) is 3. The zero-order valence-electron chi connectivity index (χ0n) is 19.9. The lowest BCUT2D eigenvalue weighted by Crippen LogP contribution is -2.57. The van der Waals surface area contributed by atoms with E-state index in [4.69, 9.17) is 16.7 Å². The molecule has 2 heterocycles. The summed E-state index contributed by atoms with van der Waals surface area (Å²) < 4.78 is 30.0. The average molecular weight is 508 g/mol. The molecule has 0 amide bonds. The van der Waals surface area contributed by atoms with Gasteiger partial charge in [-0.25, -0.2) is 0 Å². The van der Waals surface area contributed by atoms with E-state index in [1.165, 1.54) is 4.31 Å². The Balaban J connectivity index is 0.00000158. The smallest absolute Gasteiger partial charge is 0.282 e. The van der Waals surface area contributed by atoms with Gasteiger partial charge in [0.15, 0.2) is 6.29 Å². The molecule has 2 aliphatic rings. The second kappa shape index (κ2) is 12.1. The van der Waals surface area contributed by atoms with Crippen LogP contribution < -0.4 is 10.0 Å². The molecule has 4 rings (SSSR count). The Kier molecular flexibility index (Phi) is 9.47. The highest BCUT2D eigenvalue weighted by atomic mass is 35.5. The summed E-state index contributed by atoms with van der Waals surface area (Å²) in [5.74, 6) is -0.0251. The molecule has 0 saturated carbocycles. The topological polar surface area (TPSA) is 97.3 Å². The van der Waals surface area contributed by atoms with Crippen molar-refractivity contribution in [3.8, 4) is 0 Å². The molecule has 3 N–H and O–H groups in total. The normalized spacial score (nSPS) is 20.4. The van der Waals surface area contributed by atoms with Gasteiger partial charge in [-0.3, -0.25) is 10.3 Å². The number of aliphatic hydroxyl groups is 1. The van der Waals surface area contributed by atoms with Crippen molar-refractivity contribution in [3.63, 3.8) is 0 Å². The third kappa shape index (κ3) is 6.35. The molecule has 2 unspecified atom stereocenters. The lowest BCUT2D eigenvalue weighted by atomic mass is 9.91. The summed E-state index contributed by atoms with van der Waals surface area (Å²) in [4.78, 5) is 0. The Morgan fingerprint density at radius 1 is 1.06 bits per heavy atom. The molecule has 2 aromatic rings. The number of nitrogens with zero attached hydrogens (tertiary/aromatic N) is 3. The Hall–Kier alpha value is -2.01. The zero-order chi connectivity index (χ0) is 24.7. The van der Waals surface area contributed by atoms with Gasteiger partial charge in [0, 0.05) is 24.0 Å². The van der Waals surface area contributed by atoms with E-state index in [0.29, 0.717) is 37.5 Å². The van der Waals surface area contributed by atoms with Gasteiger partial charge in [0.2, 0.25) is 0 Å². The first-order chi connectivity index (χ1) is 16.4. The van der Waals surface area contributed by atoms with Crippen molar-refractivity contribution >= 4 is 27.5 Å². The van der Waals surface area contributed by atoms with Crippen LogP contribution in [0, 0.1) is 0 Å².